The van der Waals surface area contributed by atoms with E-state index in [1.54, 1.807) is 29.8 Å². The number of nitrogens with zero attached hydrogens (tertiary/aromatic N) is 3. The van der Waals surface area contributed by atoms with Crippen LogP contribution in [0, 0.1) is 10.1 Å². The minimum atomic E-state index is -0.621. The average Bonchev–Trinajstić information content (AvgIpc) is 3.02. The van der Waals surface area contributed by atoms with Gasteiger partial charge in [-0.2, -0.15) is 0 Å². The fourth-order valence-corrected chi connectivity index (χ4v) is 3.00. The molecule has 1 unspecified atom stereocenters. The van der Waals surface area contributed by atoms with Crippen LogP contribution >= 0.6 is 24.8 Å². The van der Waals surface area contributed by atoms with Crippen molar-refractivity contribution in [3.63, 3.8) is 0 Å². The highest BCUT2D eigenvalue weighted by Gasteiger charge is 2.35. The van der Waals surface area contributed by atoms with Crippen LogP contribution in [0.2, 0.25) is 0 Å². The molecule has 9 nitrogen and oxygen atoms in total. The summed E-state index contributed by atoms with van der Waals surface area (Å²) in [5.41, 5.74) is 7.92. The van der Waals surface area contributed by atoms with Crippen molar-refractivity contribution in [2.24, 2.45) is 5.73 Å². The van der Waals surface area contributed by atoms with Gasteiger partial charge in [-0.05, 0) is 12.5 Å². The zero-order chi connectivity index (χ0) is 18.1. The average molecular weight is 416 g/mol. The van der Waals surface area contributed by atoms with Gasteiger partial charge in [-0.3, -0.25) is 10.1 Å². The zero-order valence-electron chi connectivity index (χ0n) is 14.5. The van der Waals surface area contributed by atoms with Crippen LogP contribution in [0.1, 0.15) is 24.2 Å². The summed E-state index contributed by atoms with van der Waals surface area (Å²) in [6, 6.07) is 5.53. The molecule has 0 amide bonds. The van der Waals surface area contributed by atoms with E-state index in [0.29, 0.717) is 28.5 Å². The molecule has 3 N–H and O–H groups in total. The number of nitro benzene ring substituents is 1. The highest BCUT2D eigenvalue weighted by atomic mass is 35.5. The third-order valence-electron chi connectivity index (χ3n) is 4.12. The first kappa shape index (κ1) is 22.4. The fraction of sp³-hybridized carbons (Fsp3) is 0.250. The van der Waals surface area contributed by atoms with E-state index in [-0.39, 0.29) is 37.0 Å². The van der Waals surface area contributed by atoms with Crippen LogP contribution in [0.3, 0.4) is 0 Å². The first-order valence-corrected chi connectivity index (χ1v) is 7.54. The minimum absolute atomic E-state index is 0. The maximum absolute atomic E-state index is 12.4. The molecule has 27 heavy (non-hydrogen) atoms. The number of hydrogen-bond donors (Lipinski definition) is 2. The maximum atomic E-state index is 12.4. The molecule has 0 radical (unpaired) electrons. The molecule has 11 heteroatoms. The molecule has 1 aromatic carbocycles. The number of rotatable bonds is 4. The number of nitrogens with two attached hydrogens (primary N) is 1. The van der Waals surface area contributed by atoms with Gasteiger partial charge >= 0.3 is 5.97 Å². The lowest BCUT2D eigenvalue weighted by Gasteiger charge is -2.30. The van der Waals surface area contributed by atoms with Crippen molar-refractivity contribution in [1.82, 2.24) is 9.55 Å². The summed E-state index contributed by atoms with van der Waals surface area (Å²) in [7, 11) is 1.29. The predicted molar refractivity (Wildman–Crippen MR) is 104 cm³/mol. The smallest absolute Gasteiger partial charge is 0.337 e. The van der Waals surface area contributed by atoms with Crippen molar-refractivity contribution in [3.05, 3.63) is 63.1 Å². The Hall–Kier alpha value is -2.62. The molecule has 0 saturated heterocycles. The van der Waals surface area contributed by atoms with Gasteiger partial charge in [0.05, 0.1) is 35.5 Å². The number of hydrogen-bond acceptors (Lipinski definition) is 7. The summed E-state index contributed by atoms with van der Waals surface area (Å²) in [5.74, 6) is -0.00839. The van der Waals surface area contributed by atoms with Gasteiger partial charge in [0.15, 0.2) is 0 Å². The second kappa shape index (κ2) is 8.85. The Bertz CT molecular complexity index is 897. The van der Waals surface area contributed by atoms with Gasteiger partial charge < -0.3 is 20.4 Å². The molecular formula is C16H19Cl2N5O4. The van der Waals surface area contributed by atoms with Crippen LogP contribution in [-0.4, -0.2) is 27.6 Å². The SMILES string of the molecule is COC(=O)C1=C(C)Nc2ncc(CN)n2C1c1cccc([N+](=O)[O-])c1.Cl.Cl. The van der Waals surface area contributed by atoms with Crippen LogP contribution in [0.25, 0.3) is 0 Å². The van der Waals surface area contributed by atoms with Crippen molar-refractivity contribution in [1.29, 1.82) is 0 Å². The lowest BCUT2D eigenvalue weighted by Crippen LogP contribution is -2.30. The van der Waals surface area contributed by atoms with Crippen LogP contribution < -0.4 is 11.1 Å². The number of methoxy groups -OCH3 is 1. The quantitative estimate of drug-likeness (QED) is 0.446. The van der Waals surface area contributed by atoms with Crippen LogP contribution in [-0.2, 0) is 16.1 Å². The molecule has 0 aliphatic carbocycles. The van der Waals surface area contributed by atoms with Crippen LogP contribution in [0.15, 0.2) is 41.7 Å². The van der Waals surface area contributed by atoms with E-state index in [4.69, 9.17) is 10.5 Å². The Morgan fingerprint density at radius 2 is 2.15 bits per heavy atom. The zero-order valence-corrected chi connectivity index (χ0v) is 16.2. The van der Waals surface area contributed by atoms with Crippen molar-refractivity contribution < 1.29 is 14.5 Å². The topological polar surface area (TPSA) is 125 Å². The summed E-state index contributed by atoms with van der Waals surface area (Å²) in [6.07, 6.45) is 1.61. The number of fused-ring (bicyclic) bond motifs is 1. The van der Waals surface area contributed by atoms with Gasteiger partial charge in [0, 0.05) is 24.4 Å². The Balaban J connectivity index is 0.00000182. The molecule has 0 bridgehead atoms. The highest BCUT2D eigenvalue weighted by molar-refractivity contribution is 5.92. The first-order valence-electron chi connectivity index (χ1n) is 7.54. The number of carbonyl (C=O) groups is 1. The summed E-state index contributed by atoms with van der Waals surface area (Å²) in [5, 5.41) is 14.2. The number of anilines is 1. The van der Waals surface area contributed by atoms with E-state index >= 15 is 0 Å². The fourth-order valence-electron chi connectivity index (χ4n) is 3.00. The number of aromatic nitrogens is 2. The summed E-state index contributed by atoms with van der Waals surface area (Å²) in [4.78, 5) is 27.3. The van der Waals surface area contributed by atoms with Gasteiger partial charge in [-0.25, -0.2) is 9.78 Å². The number of esters is 1. The number of carbonyl (C=O) groups excluding carboxylic acids is 1. The monoisotopic (exact) mass is 415 g/mol. The van der Waals surface area contributed by atoms with E-state index in [1.165, 1.54) is 19.2 Å². The molecule has 1 aliphatic heterocycles. The third kappa shape index (κ3) is 3.90. The number of ether oxygens (including phenoxy) is 1. The van der Waals surface area contributed by atoms with E-state index in [1.807, 2.05) is 0 Å². The lowest BCUT2D eigenvalue weighted by atomic mass is 9.94. The largest absolute Gasteiger partial charge is 0.466 e. The number of halogens is 2. The molecule has 1 aromatic heterocycles. The van der Waals surface area contributed by atoms with Crippen molar-refractivity contribution in [2.75, 3.05) is 12.4 Å². The van der Waals surface area contributed by atoms with E-state index in [0.717, 1.165) is 0 Å². The molecule has 1 atom stereocenters. The second-order valence-corrected chi connectivity index (χ2v) is 5.56. The second-order valence-electron chi connectivity index (χ2n) is 5.56. The molecule has 2 aromatic rings. The molecule has 2 heterocycles. The Labute approximate surface area is 167 Å². The Morgan fingerprint density at radius 3 is 2.74 bits per heavy atom. The van der Waals surface area contributed by atoms with Gasteiger partial charge in [0.2, 0.25) is 5.95 Å². The molecule has 0 fully saturated rings. The van der Waals surface area contributed by atoms with Gasteiger partial charge in [0.1, 0.15) is 0 Å². The summed E-state index contributed by atoms with van der Waals surface area (Å²) >= 11 is 0. The Kier molecular flexibility index (Phi) is 7.35. The van der Waals surface area contributed by atoms with Gasteiger partial charge in [0.25, 0.3) is 5.69 Å². The number of allylic oxidation sites excluding steroid dienone is 1. The van der Waals surface area contributed by atoms with Crippen LogP contribution in [0.5, 0.6) is 0 Å². The van der Waals surface area contributed by atoms with Gasteiger partial charge in [-0.1, -0.05) is 12.1 Å². The summed E-state index contributed by atoms with van der Waals surface area (Å²) in [6.45, 7) is 1.94. The summed E-state index contributed by atoms with van der Waals surface area (Å²) < 4.78 is 6.68. The van der Waals surface area contributed by atoms with Crippen molar-refractivity contribution in [3.8, 4) is 0 Å². The van der Waals surface area contributed by atoms with Crippen molar-refractivity contribution >= 4 is 42.4 Å². The Morgan fingerprint density at radius 1 is 1.44 bits per heavy atom. The van der Waals surface area contributed by atoms with Gasteiger partial charge in [-0.15, -0.1) is 24.8 Å². The molecule has 0 saturated carbocycles. The molecular weight excluding hydrogens is 397 g/mol. The number of nitrogens with one attached hydrogen (secondary N) is 1. The van der Waals surface area contributed by atoms with E-state index < -0.39 is 16.9 Å². The number of imidazole rings is 1. The maximum Gasteiger partial charge on any atom is 0.337 e. The molecule has 1 aliphatic rings. The number of nitro groups is 1. The predicted octanol–water partition coefficient (Wildman–Crippen LogP) is 2.56. The van der Waals surface area contributed by atoms with Crippen LogP contribution in [0.4, 0.5) is 11.6 Å². The first-order chi connectivity index (χ1) is 12.0. The lowest BCUT2D eigenvalue weighted by molar-refractivity contribution is -0.384. The minimum Gasteiger partial charge on any atom is -0.466 e. The highest BCUT2D eigenvalue weighted by Crippen LogP contribution is 2.38. The molecule has 146 valence electrons. The number of benzene rings is 1. The third-order valence-corrected chi connectivity index (χ3v) is 4.12. The van der Waals surface area contributed by atoms with Crippen molar-refractivity contribution in [2.45, 2.75) is 19.5 Å². The number of non-ortho nitro benzene ring substituents is 1. The molecule has 3 rings (SSSR count). The van der Waals surface area contributed by atoms with E-state index in [9.17, 15) is 14.9 Å². The molecule has 0 spiro atoms. The van der Waals surface area contributed by atoms with E-state index in [2.05, 4.69) is 10.3 Å². The normalized spacial score (nSPS) is 15.0. The standard InChI is InChI=1S/C16H17N5O4.2ClH/c1-9-13(15(22)25-2)14(10-4-3-5-11(6-10)21(23)24)20-12(7-17)8-18-16(20)19-9;;/h3-6,8,14H,7,17H2,1-2H3,(H,18,19);2*1H.